The number of carbonyl (C=O) groups excluding carboxylic acids is 1. The molecule has 1 unspecified atom stereocenters. The van der Waals surface area contributed by atoms with Crippen LogP contribution in [-0.4, -0.2) is 17.3 Å². The lowest BCUT2D eigenvalue weighted by Crippen LogP contribution is -2.23. The van der Waals surface area contributed by atoms with Crippen LogP contribution in [0.5, 0.6) is 0 Å². The summed E-state index contributed by atoms with van der Waals surface area (Å²) in [6.45, 7) is 8.00. The molecular formula is C15H23FN2O. The van der Waals surface area contributed by atoms with Crippen LogP contribution in [0.3, 0.4) is 0 Å². The van der Waals surface area contributed by atoms with Crippen LogP contribution in [0.2, 0.25) is 0 Å². The van der Waals surface area contributed by atoms with Gasteiger partial charge in [-0.25, -0.2) is 4.39 Å². The first-order valence-corrected chi connectivity index (χ1v) is 6.67. The van der Waals surface area contributed by atoms with Crippen molar-refractivity contribution in [3.63, 3.8) is 0 Å². The van der Waals surface area contributed by atoms with Crippen molar-refractivity contribution in [1.29, 1.82) is 0 Å². The van der Waals surface area contributed by atoms with Crippen LogP contribution in [-0.2, 0) is 11.2 Å². The molecule has 1 atom stereocenters. The van der Waals surface area contributed by atoms with Crippen LogP contribution >= 0.6 is 0 Å². The summed E-state index contributed by atoms with van der Waals surface area (Å²) in [5.74, 6) is -0.282. The highest BCUT2D eigenvalue weighted by atomic mass is 19.1. The molecule has 1 aromatic carbocycles. The number of halogens is 1. The Bertz CT molecular complexity index is 494. The molecule has 3 N–H and O–H groups in total. The van der Waals surface area contributed by atoms with E-state index in [-0.39, 0.29) is 5.82 Å². The van der Waals surface area contributed by atoms with Gasteiger partial charge in [0.15, 0.2) is 0 Å². The van der Waals surface area contributed by atoms with Gasteiger partial charge in [-0.05, 0) is 30.2 Å². The summed E-state index contributed by atoms with van der Waals surface area (Å²) in [6.07, 6.45) is 2.94. The largest absolute Gasteiger partial charge is 0.361 e. The Labute approximate surface area is 114 Å². The monoisotopic (exact) mass is 266 g/mol. The van der Waals surface area contributed by atoms with Crippen LogP contribution in [0.1, 0.15) is 33.3 Å². The van der Waals surface area contributed by atoms with Crippen molar-refractivity contribution in [1.82, 2.24) is 4.98 Å². The number of nitrogens with one attached hydrogen (secondary N) is 1. The number of nitrogens with two attached hydrogens (primary N) is 1. The topological polar surface area (TPSA) is 58.9 Å². The van der Waals surface area contributed by atoms with E-state index < -0.39 is 6.04 Å². The minimum Gasteiger partial charge on any atom is -0.361 e. The zero-order chi connectivity index (χ0) is 14.8. The SMILES string of the molecule is CC.CC.NC(C=O)Cc1c[nH]c2cc(F)ccc12. The van der Waals surface area contributed by atoms with E-state index in [9.17, 15) is 9.18 Å². The zero-order valence-electron chi connectivity index (χ0n) is 12.0. The molecule has 0 aliphatic rings. The van der Waals surface area contributed by atoms with Crippen LogP contribution in [0.4, 0.5) is 4.39 Å². The van der Waals surface area contributed by atoms with E-state index >= 15 is 0 Å². The second-order valence-corrected chi connectivity index (χ2v) is 3.51. The van der Waals surface area contributed by atoms with Crippen molar-refractivity contribution in [3.8, 4) is 0 Å². The normalized spacial score (nSPS) is 10.8. The highest BCUT2D eigenvalue weighted by molar-refractivity contribution is 5.83. The van der Waals surface area contributed by atoms with Crippen molar-refractivity contribution in [2.75, 3.05) is 0 Å². The molecule has 106 valence electrons. The third-order valence-electron chi connectivity index (χ3n) is 2.36. The fraction of sp³-hybridized carbons (Fsp3) is 0.400. The van der Waals surface area contributed by atoms with Gasteiger partial charge in [0.1, 0.15) is 12.1 Å². The maximum Gasteiger partial charge on any atom is 0.137 e. The number of fused-ring (bicyclic) bond motifs is 1. The van der Waals surface area contributed by atoms with Gasteiger partial charge in [-0.2, -0.15) is 0 Å². The molecule has 1 aromatic heterocycles. The Morgan fingerprint density at radius 1 is 1.32 bits per heavy atom. The van der Waals surface area contributed by atoms with Gasteiger partial charge in [0.2, 0.25) is 0 Å². The van der Waals surface area contributed by atoms with Crippen molar-refractivity contribution in [2.24, 2.45) is 5.73 Å². The molecule has 0 amide bonds. The Kier molecular flexibility index (Phi) is 8.46. The van der Waals surface area contributed by atoms with Crippen molar-refractivity contribution >= 4 is 17.2 Å². The van der Waals surface area contributed by atoms with Gasteiger partial charge >= 0.3 is 0 Å². The maximum atomic E-state index is 12.9. The first-order valence-electron chi connectivity index (χ1n) is 6.67. The van der Waals surface area contributed by atoms with Gasteiger partial charge in [-0.15, -0.1) is 0 Å². The lowest BCUT2D eigenvalue weighted by molar-refractivity contribution is -0.108. The van der Waals surface area contributed by atoms with Crippen molar-refractivity contribution in [3.05, 3.63) is 35.8 Å². The number of carbonyl (C=O) groups is 1. The van der Waals surface area contributed by atoms with E-state index in [1.165, 1.54) is 12.1 Å². The Morgan fingerprint density at radius 3 is 2.53 bits per heavy atom. The summed E-state index contributed by atoms with van der Waals surface area (Å²) in [6, 6.07) is 4.00. The molecule has 0 spiro atoms. The van der Waals surface area contributed by atoms with E-state index in [1.807, 2.05) is 27.7 Å². The average molecular weight is 266 g/mol. The van der Waals surface area contributed by atoms with Gasteiger partial charge in [-0.3, -0.25) is 0 Å². The first-order chi connectivity index (χ1) is 9.20. The van der Waals surface area contributed by atoms with E-state index in [2.05, 4.69) is 4.98 Å². The lowest BCUT2D eigenvalue weighted by atomic mass is 10.1. The summed E-state index contributed by atoms with van der Waals surface area (Å²) in [5, 5.41) is 0.911. The number of H-pyrrole nitrogens is 1. The molecule has 0 saturated heterocycles. The number of aromatic amines is 1. The fourth-order valence-corrected chi connectivity index (χ4v) is 1.63. The van der Waals surface area contributed by atoms with Crippen LogP contribution in [0, 0.1) is 5.82 Å². The molecular weight excluding hydrogens is 243 g/mol. The first kappa shape index (κ1) is 17.3. The van der Waals surface area contributed by atoms with Gasteiger partial charge in [0.05, 0.1) is 6.04 Å². The molecule has 4 heteroatoms. The minimum absolute atomic E-state index is 0.282. The molecule has 2 rings (SSSR count). The number of aldehydes is 1. The number of rotatable bonds is 3. The smallest absolute Gasteiger partial charge is 0.137 e. The van der Waals surface area contributed by atoms with E-state index in [4.69, 9.17) is 5.73 Å². The minimum atomic E-state index is -0.506. The third kappa shape index (κ3) is 4.83. The Morgan fingerprint density at radius 2 is 1.95 bits per heavy atom. The van der Waals surface area contributed by atoms with Gasteiger partial charge < -0.3 is 15.5 Å². The summed E-state index contributed by atoms with van der Waals surface area (Å²) in [4.78, 5) is 13.4. The lowest BCUT2D eigenvalue weighted by Gasteiger charge is -2.01. The molecule has 19 heavy (non-hydrogen) atoms. The Hall–Kier alpha value is -1.68. The van der Waals surface area contributed by atoms with E-state index in [0.717, 1.165) is 16.5 Å². The fourth-order valence-electron chi connectivity index (χ4n) is 1.63. The highest BCUT2D eigenvalue weighted by Crippen LogP contribution is 2.19. The predicted octanol–water partition coefficient (Wildman–Crippen LogP) is 3.43. The second-order valence-electron chi connectivity index (χ2n) is 3.51. The van der Waals surface area contributed by atoms with Crippen LogP contribution in [0.25, 0.3) is 10.9 Å². The zero-order valence-corrected chi connectivity index (χ0v) is 12.0. The van der Waals surface area contributed by atoms with Crippen molar-refractivity contribution in [2.45, 2.75) is 40.2 Å². The maximum absolute atomic E-state index is 12.9. The average Bonchev–Trinajstić information content (AvgIpc) is 2.85. The summed E-state index contributed by atoms with van der Waals surface area (Å²) in [5.41, 5.74) is 7.19. The van der Waals surface area contributed by atoms with Gasteiger partial charge in [0, 0.05) is 17.1 Å². The highest BCUT2D eigenvalue weighted by Gasteiger charge is 2.08. The summed E-state index contributed by atoms with van der Waals surface area (Å²) >= 11 is 0. The summed E-state index contributed by atoms with van der Waals surface area (Å²) in [7, 11) is 0. The number of hydrogen-bond acceptors (Lipinski definition) is 2. The molecule has 0 aliphatic carbocycles. The van der Waals surface area contributed by atoms with E-state index in [1.54, 1.807) is 12.3 Å². The molecule has 1 heterocycles. The van der Waals surface area contributed by atoms with Gasteiger partial charge in [-0.1, -0.05) is 27.7 Å². The van der Waals surface area contributed by atoms with Crippen molar-refractivity contribution < 1.29 is 9.18 Å². The van der Waals surface area contributed by atoms with Crippen LogP contribution in [0.15, 0.2) is 24.4 Å². The quantitative estimate of drug-likeness (QED) is 0.836. The standard InChI is InChI=1S/C11H11FN2O.2C2H6/c12-8-1-2-10-7(3-9(13)6-15)5-14-11(10)4-8;2*1-2/h1-2,4-6,9,14H,3,13H2;2*1-2H3. The molecule has 3 nitrogen and oxygen atoms in total. The van der Waals surface area contributed by atoms with Gasteiger partial charge in [0.25, 0.3) is 0 Å². The number of benzene rings is 1. The molecule has 0 bridgehead atoms. The number of aromatic nitrogens is 1. The van der Waals surface area contributed by atoms with Crippen LogP contribution < -0.4 is 5.73 Å². The molecule has 2 aromatic rings. The molecule has 0 fully saturated rings. The predicted molar refractivity (Wildman–Crippen MR) is 78.7 cm³/mol. The second kappa shape index (κ2) is 9.28. The molecule has 0 radical (unpaired) electrons. The molecule has 0 saturated carbocycles. The Balaban J connectivity index is 0.000000741. The van der Waals surface area contributed by atoms with E-state index in [0.29, 0.717) is 12.7 Å². The number of hydrogen-bond donors (Lipinski definition) is 2. The molecule has 0 aliphatic heterocycles. The third-order valence-corrected chi connectivity index (χ3v) is 2.36. The summed E-state index contributed by atoms with van der Waals surface area (Å²) < 4.78 is 12.9.